The molecule has 0 aliphatic heterocycles. The van der Waals surface area contributed by atoms with Gasteiger partial charge in [0.1, 0.15) is 5.54 Å². The summed E-state index contributed by atoms with van der Waals surface area (Å²) in [7, 11) is 0. The van der Waals surface area contributed by atoms with E-state index in [1.54, 1.807) is 6.82 Å². The molecular formula is C9H19BN2O3. The fraction of sp³-hybridized carbons (Fsp3) is 0.889. The second kappa shape index (κ2) is 4.51. The van der Waals surface area contributed by atoms with Crippen molar-refractivity contribution in [1.82, 2.24) is 0 Å². The van der Waals surface area contributed by atoms with Crippen LogP contribution in [0.3, 0.4) is 0 Å². The highest BCUT2D eigenvalue weighted by molar-refractivity contribution is 6.48. The molecule has 0 amide bonds. The van der Waals surface area contributed by atoms with Gasteiger partial charge in [0.05, 0.1) is 0 Å². The Balaban J connectivity index is 2.52. The minimum absolute atomic E-state index is 0.218. The third-order valence-electron chi connectivity index (χ3n) is 3.27. The van der Waals surface area contributed by atoms with Crippen LogP contribution in [0.15, 0.2) is 0 Å². The summed E-state index contributed by atoms with van der Waals surface area (Å²) in [6.07, 6.45) is 2.51. The van der Waals surface area contributed by atoms with Gasteiger partial charge in [-0.2, -0.15) is 0 Å². The van der Waals surface area contributed by atoms with Crippen LogP contribution >= 0.6 is 0 Å². The Labute approximate surface area is 89.9 Å². The number of carboxylic acid groups (broad SMARTS) is 1. The number of hydrogen-bond donors (Lipinski definition) is 4. The minimum atomic E-state index is -1.27. The molecule has 0 radical (unpaired) electrons. The van der Waals surface area contributed by atoms with E-state index in [0.29, 0.717) is 19.2 Å². The number of nitrogens with two attached hydrogens (primary N) is 2. The van der Waals surface area contributed by atoms with Gasteiger partial charge in [-0.3, -0.25) is 4.79 Å². The molecule has 1 aliphatic carbocycles. The van der Waals surface area contributed by atoms with Crippen molar-refractivity contribution in [3.8, 4) is 0 Å². The van der Waals surface area contributed by atoms with Crippen molar-refractivity contribution in [2.24, 2.45) is 17.4 Å². The van der Waals surface area contributed by atoms with Crippen molar-refractivity contribution in [3.63, 3.8) is 0 Å². The maximum absolute atomic E-state index is 11.0. The molecule has 86 valence electrons. The Hall–Kier alpha value is -0.585. The van der Waals surface area contributed by atoms with Crippen LogP contribution < -0.4 is 11.5 Å². The number of carbonyl (C=O) groups is 1. The largest absolute Gasteiger partial charge is 0.480 e. The summed E-state index contributed by atoms with van der Waals surface area (Å²) in [5.74, 6) is -0.801. The van der Waals surface area contributed by atoms with E-state index in [9.17, 15) is 4.79 Å². The smallest absolute Gasteiger partial charge is 0.325 e. The lowest BCUT2D eigenvalue weighted by atomic mass is 9.66. The molecule has 0 bridgehead atoms. The number of aliphatic carboxylic acids is 1. The zero-order chi connectivity index (χ0) is 11.6. The summed E-state index contributed by atoms with van der Waals surface area (Å²) in [4.78, 5) is 11.0. The van der Waals surface area contributed by atoms with Gasteiger partial charge in [0.25, 0.3) is 6.92 Å². The minimum Gasteiger partial charge on any atom is -0.480 e. The molecule has 6 heteroatoms. The quantitative estimate of drug-likeness (QED) is 0.472. The van der Waals surface area contributed by atoms with Crippen molar-refractivity contribution >= 4 is 12.9 Å². The Morgan fingerprint density at radius 3 is 2.67 bits per heavy atom. The van der Waals surface area contributed by atoms with Gasteiger partial charge in [-0.25, -0.2) is 0 Å². The van der Waals surface area contributed by atoms with E-state index in [1.807, 2.05) is 0 Å². The van der Waals surface area contributed by atoms with E-state index >= 15 is 0 Å². The first-order valence-electron chi connectivity index (χ1n) is 5.32. The van der Waals surface area contributed by atoms with Crippen LogP contribution in [0.25, 0.3) is 0 Å². The van der Waals surface area contributed by atoms with Gasteiger partial charge in [-0.15, -0.1) is 0 Å². The van der Waals surface area contributed by atoms with Crippen LogP contribution in [0, 0.1) is 5.92 Å². The predicted molar refractivity (Wildman–Crippen MR) is 58.5 cm³/mol. The zero-order valence-corrected chi connectivity index (χ0v) is 9.02. The number of hydrogen-bond acceptors (Lipinski definition) is 4. The molecule has 0 aromatic heterocycles. The SMILES string of the molecule is CB(O)CCC1CC(N)C(N)(C(=O)O)C1. The normalized spacial score (nSPS) is 35.5. The molecule has 0 saturated heterocycles. The van der Waals surface area contributed by atoms with Gasteiger partial charge in [-0.05, 0) is 25.1 Å². The standard InChI is InChI=1S/C9H19BN2O3/c1-10(15)3-2-6-4-7(11)9(12,5-6)8(13)14/h6-7,15H,2-5,11-12H2,1H3,(H,13,14). The van der Waals surface area contributed by atoms with Gasteiger partial charge in [0.2, 0.25) is 0 Å². The van der Waals surface area contributed by atoms with E-state index < -0.39 is 17.6 Å². The Kier molecular flexibility index (Phi) is 3.75. The molecular weight excluding hydrogens is 195 g/mol. The van der Waals surface area contributed by atoms with Crippen LogP contribution in [0.2, 0.25) is 13.1 Å². The second-order valence-electron chi connectivity index (χ2n) is 4.68. The summed E-state index contributed by atoms with van der Waals surface area (Å²) in [6.45, 7) is 1.38. The average molecular weight is 214 g/mol. The third-order valence-corrected chi connectivity index (χ3v) is 3.27. The Morgan fingerprint density at radius 1 is 1.67 bits per heavy atom. The highest BCUT2D eigenvalue weighted by atomic mass is 16.4. The molecule has 1 fully saturated rings. The molecule has 1 rings (SSSR count). The first-order chi connectivity index (χ1) is 6.86. The molecule has 0 spiro atoms. The summed E-state index contributed by atoms with van der Waals surface area (Å²) in [6, 6.07) is -0.478. The molecule has 1 aliphatic rings. The van der Waals surface area contributed by atoms with Crippen molar-refractivity contribution in [2.75, 3.05) is 0 Å². The molecule has 6 N–H and O–H groups in total. The van der Waals surface area contributed by atoms with Crippen LogP contribution in [-0.2, 0) is 4.79 Å². The van der Waals surface area contributed by atoms with Crippen LogP contribution in [0.5, 0.6) is 0 Å². The summed E-state index contributed by atoms with van der Waals surface area (Å²) >= 11 is 0. The first-order valence-corrected chi connectivity index (χ1v) is 5.32. The molecule has 0 heterocycles. The summed E-state index contributed by atoms with van der Waals surface area (Å²) < 4.78 is 0. The third kappa shape index (κ3) is 2.71. The monoisotopic (exact) mass is 214 g/mol. The fourth-order valence-electron chi connectivity index (χ4n) is 2.22. The molecule has 15 heavy (non-hydrogen) atoms. The summed E-state index contributed by atoms with van der Waals surface area (Å²) in [5.41, 5.74) is 10.2. The topological polar surface area (TPSA) is 110 Å². The molecule has 0 aromatic rings. The Morgan fingerprint density at radius 2 is 2.27 bits per heavy atom. The summed E-state index contributed by atoms with van der Waals surface area (Å²) in [5, 5.41) is 18.1. The second-order valence-corrected chi connectivity index (χ2v) is 4.68. The molecule has 3 unspecified atom stereocenters. The molecule has 3 atom stereocenters. The van der Waals surface area contributed by atoms with E-state index in [4.69, 9.17) is 21.6 Å². The highest BCUT2D eigenvalue weighted by Crippen LogP contribution is 2.35. The van der Waals surface area contributed by atoms with Crippen molar-refractivity contribution in [2.45, 2.75) is 44.0 Å². The van der Waals surface area contributed by atoms with Crippen LogP contribution in [-0.4, -0.2) is 34.6 Å². The van der Waals surface area contributed by atoms with Gasteiger partial charge >= 0.3 is 5.97 Å². The van der Waals surface area contributed by atoms with Crippen LogP contribution in [0.1, 0.15) is 19.3 Å². The lowest BCUT2D eigenvalue weighted by Gasteiger charge is -2.23. The van der Waals surface area contributed by atoms with Crippen LogP contribution in [0.4, 0.5) is 0 Å². The molecule has 1 saturated carbocycles. The van der Waals surface area contributed by atoms with Gasteiger partial charge < -0.3 is 21.6 Å². The maximum atomic E-state index is 11.0. The van der Waals surface area contributed by atoms with E-state index in [0.717, 1.165) is 6.42 Å². The van der Waals surface area contributed by atoms with E-state index in [1.165, 1.54) is 0 Å². The van der Waals surface area contributed by atoms with E-state index in [-0.39, 0.29) is 12.8 Å². The van der Waals surface area contributed by atoms with Crippen molar-refractivity contribution < 1.29 is 14.9 Å². The molecule has 0 aromatic carbocycles. The molecule has 5 nitrogen and oxygen atoms in total. The van der Waals surface area contributed by atoms with Crippen molar-refractivity contribution in [1.29, 1.82) is 0 Å². The lowest BCUT2D eigenvalue weighted by Crippen LogP contribution is -2.57. The number of rotatable bonds is 4. The highest BCUT2D eigenvalue weighted by Gasteiger charge is 2.48. The van der Waals surface area contributed by atoms with Crippen molar-refractivity contribution in [3.05, 3.63) is 0 Å². The zero-order valence-electron chi connectivity index (χ0n) is 9.02. The lowest BCUT2D eigenvalue weighted by molar-refractivity contribution is -0.143. The maximum Gasteiger partial charge on any atom is 0.325 e. The fourth-order valence-corrected chi connectivity index (χ4v) is 2.22. The van der Waals surface area contributed by atoms with Gasteiger partial charge in [-0.1, -0.05) is 13.2 Å². The number of carboxylic acids is 1. The predicted octanol–water partition coefficient (Wildman–Crippen LogP) is -0.490. The van der Waals surface area contributed by atoms with E-state index in [2.05, 4.69) is 0 Å². The first kappa shape index (κ1) is 12.5. The van der Waals surface area contributed by atoms with Gasteiger partial charge in [0, 0.05) is 6.04 Å². The van der Waals surface area contributed by atoms with Gasteiger partial charge in [0.15, 0.2) is 0 Å². The Bertz CT molecular complexity index is 250. The average Bonchev–Trinajstić information content (AvgIpc) is 2.41.